The number of hydrogen-bond donors (Lipinski definition) is 1. The normalized spacial score (nSPS) is 11.2. The molecule has 0 saturated heterocycles. The van der Waals surface area contributed by atoms with E-state index in [9.17, 15) is 9.18 Å². The number of thioether (sulfide) groups is 1. The molecule has 0 saturated carbocycles. The van der Waals surface area contributed by atoms with Crippen LogP contribution >= 0.6 is 27.7 Å². The van der Waals surface area contributed by atoms with Gasteiger partial charge in [0.05, 0.1) is 10.9 Å². The lowest BCUT2D eigenvalue weighted by atomic mass is 10.2. The lowest BCUT2D eigenvalue weighted by Gasteiger charge is -2.13. The average Bonchev–Trinajstić information content (AvgIpc) is 2.60. The molecule has 0 radical (unpaired) electrons. The van der Waals surface area contributed by atoms with Gasteiger partial charge in [-0.1, -0.05) is 45.9 Å². The summed E-state index contributed by atoms with van der Waals surface area (Å²) in [5.74, 6) is 0.0650. The summed E-state index contributed by atoms with van der Waals surface area (Å²) in [6.45, 7) is 0.364. The Hall–Kier alpha value is -1.70. The maximum atomic E-state index is 14.0. The Morgan fingerprint density at radius 1 is 1.24 bits per heavy atom. The maximum absolute atomic E-state index is 14.0. The monoisotopic (exact) mass is 422 g/mol. The van der Waals surface area contributed by atoms with Gasteiger partial charge in [-0.15, -0.1) is 0 Å². The number of aromatic nitrogens is 2. The van der Waals surface area contributed by atoms with E-state index in [0.717, 1.165) is 0 Å². The van der Waals surface area contributed by atoms with Gasteiger partial charge in [-0.05, 0) is 36.2 Å². The summed E-state index contributed by atoms with van der Waals surface area (Å²) >= 11 is 4.56. The van der Waals surface area contributed by atoms with Gasteiger partial charge in [0, 0.05) is 23.4 Å². The van der Waals surface area contributed by atoms with E-state index in [1.165, 1.54) is 17.8 Å². The molecule has 0 spiro atoms. The molecule has 1 N–H and O–H groups in total. The van der Waals surface area contributed by atoms with Crippen molar-refractivity contribution in [1.29, 1.82) is 0 Å². The first-order valence-electron chi connectivity index (χ1n) is 7.77. The minimum Gasteiger partial charge on any atom is -0.396 e. The first-order valence-corrected chi connectivity index (χ1v) is 9.55. The molecule has 1 aromatic heterocycles. The summed E-state index contributed by atoms with van der Waals surface area (Å²) in [7, 11) is 0. The summed E-state index contributed by atoms with van der Waals surface area (Å²) < 4.78 is 16.3. The fourth-order valence-electron chi connectivity index (χ4n) is 2.46. The van der Waals surface area contributed by atoms with Gasteiger partial charge < -0.3 is 5.11 Å². The van der Waals surface area contributed by atoms with Crippen molar-refractivity contribution in [3.63, 3.8) is 0 Å². The van der Waals surface area contributed by atoms with Crippen LogP contribution in [0.4, 0.5) is 4.39 Å². The molecule has 0 atom stereocenters. The number of hydrogen-bond acceptors (Lipinski definition) is 4. The molecule has 4 nitrogen and oxygen atoms in total. The quantitative estimate of drug-likeness (QED) is 0.482. The Morgan fingerprint density at radius 2 is 2.04 bits per heavy atom. The van der Waals surface area contributed by atoms with E-state index in [0.29, 0.717) is 44.8 Å². The van der Waals surface area contributed by atoms with Crippen molar-refractivity contribution in [2.75, 3.05) is 6.61 Å². The highest BCUT2D eigenvalue weighted by Gasteiger charge is 2.12. The Kier molecular flexibility index (Phi) is 5.88. The molecule has 0 amide bonds. The van der Waals surface area contributed by atoms with Crippen molar-refractivity contribution in [1.82, 2.24) is 9.55 Å². The van der Waals surface area contributed by atoms with E-state index in [2.05, 4.69) is 20.9 Å². The largest absolute Gasteiger partial charge is 0.396 e. The lowest BCUT2D eigenvalue weighted by molar-refractivity contribution is 0.276. The van der Waals surface area contributed by atoms with Crippen molar-refractivity contribution >= 4 is 38.6 Å². The number of fused-ring (bicyclic) bond motifs is 1. The fraction of sp³-hybridized carbons (Fsp3) is 0.222. The van der Waals surface area contributed by atoms with Gasteiger partial charge in [0.2, 0.25) is 0 Å². The number of para-hydroxylation sites is 1. The molecule has 0 aliphatic rings. The second-order valence-corrected chi connectivity index (χ2v) is 7.33. The van der Waals surface area contributed by atoms with Crippen LogP contribution in [0.1, 0.15) is 12.0 Å². The van der Waals surface area contributed by atoms with E-state index >= 15 is 0 Å². The third-order valence-electron chi connectivity index (χ3n) is 3.74. The zero-order valence-electron chi connectivity index (χ0n) is 13.3. The van der Waals surface area contributed by atoms with Crippen LogP contribution < -0.4 is 5.56 Å². The summed E-state index contributed by atoms with van der Waals surface area (Å²) in [6.07, 6.45) is 0.458. The van der Waals surface area contributed by atoms with Crippen LogP contribution in [-0.4, -0.2) is 21.3 Å². The highest BCUT2D eigenvalue weighted by atomic mass is 79.9. The minimum atomic E-state index is -0.299. The van der Waals surface area contributed by atoms with E-state index in [-0.39, 0.29) is 18.0 Å². The molecule has 2 aromatic carbocycles. The Morgan fingerprint density at radius 3 is 2.80 bits per heavy atom. The molecule has 0 aliphatic heterocycles. The van der Waals surface area contributed by atoms with Crippen LogP contribution in [0.25, 0.3) is 10.9 Å². The molecule has 0 bridgehead atoms. The van der Waals surface area contributed by atoms with Gasteiger partial charge in [-0.25, -0.2) is 9.37 Å². The zero-order valence-corrected chi connectivity index (χ0v) is 15.7. The highest BCUT2D eigenvalue weighted by Crippen LogP contribution is 2.25. The van der Waals surface area contributed by atoms with Crippen LogP contribution in [0.5, 0.6) is 0 Å². The van der Waals surface area contributed by atoms with Crippen molar-refractivity contribution in [3.8, 4) is 0 Å². The number of halogens is 2. The van der Waals surface area contributed by atoms with Crippen LogP contribution in [0.2, 0.25) is 0 Å². The number of nitrogens with zero attached hydrogens (tertiary/aromatic N) is 2. The summed E-state index contributed by atoms with van der Waals surface area (Å²) in [6, 6.07) is 12.1. The molecule has 3 aromatic rings. The van der Waals surface area contributed by atoms with Gasteiger partial charge in [0.15, 0.2) is 5.16 Å². The molecule has 7 heteroatoms. The van der Waals surface area contributed by atoms with Crippen LogP contribution in [0, 0.1) is 5.82 Å². The Labute approximate surface area is 156 Å². The topological polar surface area (TPSA) is 55.1 Å². The molecular weight excluding hydrogens is 407 g/mol. The molecule has 1 heterocycles. The average molecular weight is 423 g/mol. The number of benzene rings is 2. The third-order valence-corrected chi connectivity index (χ3v) is 5.26. The molecule has 25 heavy (non-hydrogen) atoms. The van der Waals surface area contributed by atoms with Crippen LogP contribution in [-0.2, 0) is 12.3 Å². The molecule has 0 aliphatic carbocycles. The standard InChI is InChI=1S/C18H16BrFN2O2S/c19-13-7-6-12(15(20)10-13)11-25-18-21-16-5-2-1-4-14(16)17(24)22(18)8-3-9-23/h1-2,4-7,10,23H,3,8-9,11H2. The van der Waals surface area contributed by atoms with E-state index in [1.54, 1.807) is 34.9 Å². The lowest BCUT2D eigenvalue weighted by Crippen LogP contribution is -2.24. The molecule has 130 valence electrons. The van der Waals surface area contributed by atoms with E-state index in [4.69, 9.17) is 5.11 Å². The van der Waals surface area contributed by atoms with Gasteiger partial charge in [-0.2, -0.15) is 0 Å². The number of aliphatic hydroxyl groups excluding tert-OH is 1. The smallest absolute Gasteiger partial charge is 0.262 e. The second kappa shape index (κ2) is 8.12. The number of rotatable bonds is 6. The zero-order chi connectivity index (χ0) is 17.8. The fourth-order valence-corrected chi connectivity index (χ4v) is 3.81. The summed E-state index contributed by atoms with van der Waals surface area (Å²) in [5.41, 5.74) is 1.02. The number of aliphatic hydroxyl groups is 1. The molecule has 3 rings (SSSR count). The molecule has 0 fully saturated rings. The van der Waals surface area contributed by atoms with Gasteiger partial charge in [0.1, 0.15) is 5.82 Å². The predicted molar refractivity (Wildman–Crippen MR) is 101 cm³/mol. The summed E-state index contributed by atoms with van der Waals surface area (Å²) in [5, 5.41) is 10.2. The first-order chi connectivity index (χ1) is 12.1. The van der Waals surface area contributed by atoms with Crippen molar-refractivity contribution in [2.24, 2.45) is 0 Å². The van der Waals surface area contributed by atoms with E-state index < -0.39 is 0 Å². The predicted octanol–water partition coefficient (Wildman–Crippen LogP) is 3.97. The van der Waals surface area contributed by atoms with Crippen molar-refractivity contribution in [2.45, 2.75) is 23.9 Å². The second-order valence-electron chi connectivity index (χ2n) is 5.47. The van der Waals surface area contributed by atoms with Crippen molar-refractivity contribution in [3.05, 3.63) is 68.7 Å². The molecular formula is C18H16BrFN2O2S. The summed E-state index contributed by atoms with van der Waals surface area (Å²) in [4.78, 5) is 17.3. The Balaban J connectivity index is 1.97. The molecule has 0 unspecified atom stereocenters. The third kappa shape index (κ3) is 4.11. The SMILES string of the molecule is O=c1c2ccccc2nc(SCc2ccc(Br)cc2F)n1CCCO. The first kappa shape index (κ1) is 18.1. The van der Waals surface area contributed by atoms with Crippen LogP contribution in [0.3, 0.4) is 0 Å². The highest BCUT2D eigenvalue weighted by molar-refractivity contribution is 9.10. The van der Waals surface area contributed by atoms with Crippen LogP contribution in [0.15, 0.2) is 56.9 Å². The Bertz CT molecular complexity index is 961. The van der Waals surface area contributed by atoms with E-state index in [1.807, 2.05) is 6.07 Å². The van der Waals surface area contributed by atoms with Gasteiger partial charge >= 0.3 is 0 Å². The van der Waals surface area contributed by atoms with Crippen molar-refractivity contribution < 1.29 is 9.50 Å². The minimum absolute atomic E-state index is 0.00921. The van der Waals surface area contributed by atoms with Gasteiger partial charge in [-0.3, -0.25) is 9.36 Å². The van der Waals surface area contributed by atoms with Gasteiger partial charge in [0.25, 0.3) is 5.56 Å². The maximum Gasteiger partial charge on any atom is 0.262 e.